The van der Waals surface area contributed by atoms with Crippen LogP contribution in [-0.2, 0) is 16.2 Å². The number of hydrogen-bond donors (Lipinski definition) is 0. The first kappa shape index (κ1) is 37.4. The van der Waals surface area contributed by atoms with E-state index < -0.39 is 13.5 Å². The third-order valence-electron chi connectivity index (χ3n) is 16.6. The molecule has 0 N–H and O–H groups in total. The fourth-order valence-electron chi connectivity index (χ4n) is 14.1. The summed E-state index contributed by atoms with van der Waals surface area (Å²) in [4.78, 5) is 2.70. The van der Waals surface area contributed by atoms with Crippen molar-refractivity contribution in [2.75, 3.05) is 4.90 Å². The van der Waals surface area contributed by atoms with Crippen LogP contribution < -0.4 is 25.6 Å². The summed E-state index contributed by atoms with van der Waals surface area (Å²) >= 11 is 0. The maximum atomic E-state index is 2.72. The number of rotatable bonds is 1. The number of anilines is 3. The molecule has 0 fully saturated rings. The summed E-state index contributed by atoms with van der Waals surface area (Å²) < 4.78 is 0. The van der Waals surface area contributed by atoms with Crippen molar-refractivity contribution in [3.05, 3.63) is 244 Å². The van der Waals surface area contributed by atoms with Gasteiger partial charge in [0.15, 0.2) is 8.07 Å². The molecule has 0 saturated carbocycles. The fraction of sp³-hybridized carbons (Fsp3) is 0.143. The zero-order valence-corrected chi connectivity index (χ0v) is 38.8. The summed E-state index contributed by atoms with van der Waals surface area (Å²) in [5.41, 5.74) is 24.9. The van der Waals surface area contributed by atoms with Crippen LogP contribution >= 0.6 is 0 Å². The first-order valence-electron chi connectivity index (χ1n) is 23.4. The fourth-order valence-corrected chi connectivity index (χ4v) is 19.9. The summed E-state index contributed by atoms with van der Waals surface area (Å²) in [6.45, 7) is 14.4. The van der Waals surface area contributed by atoms with E-state index in [2.05, 4.69) is 234 Å². The topological polar surface area (TPSA) is 3.24 Å². The minimum atomic E-state index is -2.88. The highest BCUT2D eigenvalue weighted by atomic mass is 28.3. The summed E-state index contributed by atoms with van der Waals surface area (Å²) in [5.74, 6) is 0. The predicted molar refractivity (Wildman–Crippen MR) is 274 cm³/mol. The maximum absolute atomic E-state index is 2.88. The second-order valence-corrected chi connectivity index (χ2v) is 24.1. The number of nitrogens with zero attached hydrogens (tertiary/aromatic N) is 1. The van der Waals surface area contributed by atoms with Crippen LogP contribution in [0.1, 0.15) is 83.3 Å². The number of para-hydroxylation sites is 2. The molecule has 1 nitrogen and oxygen atoms in total. The zero-order valence-electron chi connectivity index (χ0n) is 37.8. The van der Waals surface area contributed by atoms with E-state index in [4.69, 9.17) is 0 Å². The van der Waals surface area contributed by atoms with Crippen molar-refractivity contribution in [1.82, 2.24) is 0 Å². The molecule has 5 aliphatic rings. The lowest BCUT2D eigenvalue weighted by atomic mass is 9.53. The van der Waals surface area contributed by atoms with Gasteiger partial charge >= 0.3 is 0 Å². The standard InChI is InChI=1S/C63H49NSi/c1-38-31-33-40-41-34-32-39(2)36-56(41)65(55(40)35-38)54-30-18-8-20-43(54)59-57(65)37-53(58-42-19-7-9-21-44(42)62(5,6)60(58)59)64-51-28-16-14-26-49(51)63(50-27-15-17-29-52(50)64)47-24-12-10-22-45(47)61(3,4)46-23-11-13-25-48(46)63/h7-37H,1-6H3. The minimum Gasteiger partial charge on any atom is -0.309 e. The van der Waals surface area contributed by atoms with Gasteiger partial charge in [0.1, 0.15) is 0 Å². The smallest absolute Gasteiger partial charge is 0.182 e. The van der Waals surface area contributed by atoms with Gasteiger partial charge in [-0.1, -0.05) is 209 Å². The van der Waals surface area contributed by atoms with Gasteiger partial charge in [-0.15, -0.1) is 0 Å². The molecule has 9 aromatic rings. The highest BCUT2D eigenvalue weighted by Gasteiger charge is 2.58. The molecule has 3 aliphatic heterocycles. The highest BCUT2D eigenvalue weighted by Crippen LogP contribution is 2.65. The van der Waals surface area contributed by atoms with Crippen molar-refractivity contribution >= 4 is 45.9 Å². The minimum absolute atomic E-state index is 0.173. The van der Waals surface area contributed by atoms with E-state index in [1.807, 2.05) is 0 Å². The molecular weight excluding hydrogens is 799 g/mol. The predicted octanol–water partition coefficient (Wildman–Crippen LogP) is 12.8. The quantitative estimate of drug-likeness (QED) is 0.149. The van der Waals surface area contributed by atoms with Crippen LogP contribution in [0.25, 0.3) is 33.4 Å². The van der Waals surface area contributed by atoms with Gasteiger partial charge in [-0.3, -0.25) is 0 Å². The summed E-state index contributed by atoms with van der Waals surface area (Å²) in [5, 5.41) is 6.10. The van der Waals surface area contributed by atoms with Crippen LogP contribution in [0.5, 0.6) is 0 Å². The third kappa shape index (κ3) is 4.27. The molecule has 0 amide bonds. The van der Waals surface area contributed by atoms with Gasteiger partial charge in [0.25, 0.3) is 0 Å². The molecule has 2 spiro atoms. The lowest BCUT2D eigenvalue weighted by Crippen LogP contribution is -2.71. The monoisotopic (exact) mass is 847 g/mol. The molecule has 3 heterocycles. The summed E-state index contributed by atoms with van der Waals surface area (Å²) in [6.07, 6.45) is 0. The van der Waals surface area contributed by atoms with Gasteiger partial charge in [-0.05, 0) is 125 Å². The molecule has 0 bridgehead atoms. The number of benzene rings is 9. The third-order valence-corrected chi connectivity index (χ3v) is 21.5. The molecule has 0 saturated heterocycles. The largest absolute Gasteiger partial charge is 0.309 e. The Kier molecular flexibility index (Phi) is 7.14. The molecular formula is C63H49NSi. The first-order valence-corrected chi connectivity index (χ1v) is 25.4. The Labute approximate surface area is 383 Å². The molecule has 0 atom stereocenters. The Morgan fingerprint density at radius 1 is 0.338 bits per heavy atom. The number of aryl methyl sites for hydroxylation is 2. The maximum Gasteiger partial charge on any atom is 0.182 e. The van der Waals surface area contributed by atoms with Gasteiger partial charge in [-0.25, -0.2) is 0 Å². The summed E-state index contributed by atoms with van der Waals surface area (Å²) in [6, 6.07) is 73.6. The molecule has 0 aromatic heterocycles. The van der Waals surface area contributed by atoms with Crippen molar-refractivity contribution in [3.8, 4) is 33.4 Å². The van der Waals surface area contributed by atoms with Gasteiger partial charge in [0.2, 0.25) is 0 Å². The average Bonchev–Trinajstić information content (AvgIpc) is 3.87. The van der Waals surface area contributed by atoms with E-state index in [0.717, 1.165) is 0 Å². The molecule has 0 radical (unpaired) electrons. The van der Waals surface area contributed by atoms with E-state index >= 15 is 0 Å². The second-order valence-electron chi connectivity index (χ2n) is 20.5. The Bertz CT molecular complexity index is 3450. The van der Waals surface area contributed by atoms with Crippen molar-refractivity contribution in [2.45, 2.75) is 57.8 Å². The second kappa shape index (κ2) is 12.4. The molecule has 0 unspecified atom stereocenters. The van der Waals surface area contributed by atoms with Gasteiger partial charge in [-0.2, -0.15) is 0 Å². The Morgan fingerprint density at radius 3 is 1.37 bits per heavy atom. The number of hydrogen-bond acceptors (Lipinski definition) is 1. The van der Waals surface area contributed by atoms with Crippen molar-refractivity contribution < 1.29 is 0 Å². The zero-order chi connectivity index (χ0) is 43.8. The molecule has 2 heteroatoms. The van der Waals surface area contributed by atoms with Crippen LogP contribution in [0, 0.1) is 13.8 Å². The molecule has 65 heavy (non-hydrogen) atoms. The average molecular weight is 848 g/mol. The van der Waals surface area contributed by atoms with Gasteiger partial charge in [0, 0.05) is 16.4 Å². The van der Waals surface area contributed by atoms with E-state index in [9.17, 15) is 0 Å². The SMILES string of the molecule is Cc1ccc2c(c1)[Si]1(c3cc(C)ccc3-2)c2ccccc2-c2c1cc(N1c3ccccc3C3(c4ccccc41)c1ccccc1C(C)(C)c1ccccc13)c1c2C(C)(C)c2ccccc2-1. The van der Waals surface area contributed by atoms with E-state index in [1.54, 1.807) is 0 Å². The highest BCUT2D eigenvalue weighted by molar-refractivity contribution is 7.24. The lowest BCUT2D eigenvalue weighted by Gasteiger charge is -2.52. The van der Waals surface area contributed by atoms with Crippen LogP contribution in [0.2, 0.25) is 0 Å². The van der Waals surface area contributed by atoms with Crippen molar-refractivity contribution in [3.63, 3.8) is 0 Å². The van der Waals surface area contributed by atoms with E-state index in [1.165, 1.54) is 127 Å². The molecule has 14 rings (SSSR count). The van der Waals surface area contributed by atoms with E-state index in [0.29, 0.717) is 0 Å². The Hall–Kier alpha value is -7.00. The van der Waals surface area contributed by atoms with Crippen LogP contribution in [-0.4, -0.2) is 8.07 Å². The van der Waals surface area contributed by atoms with Gasteiger partial charge < -0.3 is 4.90 Å². The van der Waals surface area contributed by atoms with Crippen LogP contribution in [0.3, 0.4) is 0 Å². The van der Waals surface area contributed by atoms with Crippen LogP contribution in [0.15, 0.2) is 188 Å². The van der Waals surface area contributed by atoms with Gasteiger partial charge in [0.05, 0.1) is 22.5 Å². The van der Waals surface area contributed by atoms with Crippen LogP contribution in [0.4, 0.5) is 17.1 Å². The normalized spacial score (nSPS) is 16.9. The lowest BCUT2D eigenvalue weighted by molar-refractivity contribution is 0.556. The first-order chi connectivity index (χ1) is 31.6. The molecule has 310 valence electrons. The van der Waals surface area contributed by atoms with E-state index in [-0.39, 0.29) is 10.8 Å². The molecule has 2 aliphatic carbocycles. The number of fused-ring (bicyclic) bond motifs is 22. The Balaban J connectivity index is 1.17. The Morgan fingerprint density at radius 2 is 0.800 bits per heavy atom. The summed E-state index contributed by atoms with van der Waals surface area (Å²) in [7, 11) is -2.88. The molecule has 9 aromatic carbocycles. The van der Waals surface area contributed by atoms with Crippen molar-refractivity contribution in [1.29, 1.82) is 0 Å². The van der Waals surface area contributed by atoms with Crippen molar-refractivity contribution in [2.24, 2.45) is 0 Å².